The molecule has 0 fully saturated rings. The monoisotopic (exact) mass is 451 g/mol. The number of alkyl carbamates (subject to hydrolysis) is 1. The second kappa shape index (κ2) is 17.1. The van der Waals surface area contributed by atoms with Crippen LogP contribution in [-0.2, 0) is 14.3 Å². The highest BCUT2D eigenvalue weighted by molar-refractivity contribution is 5.90. The van der Waals surface area contributed by atoms with E-state index in [0.717, 1.165) is 24.0 Å². The van der Waals surface area contributed by atoms with Gasteiger partial charge in [-0.2, -0.15) is 0 Å². The molecule has 0 bridgehead atoms. The van der Waals surface area contributed by atoms with Gasteiger partial charge >= 0.3 is 12.1 Å². The van der Waals surface area contributed by atoms with Crippen LogP contribution in [0.15, 0.2) is 46.3 Å². The minimum atomic E-state index is -0.592. The van der Waals surface area contributed by atoms with E-state index < -0.39 is 11.7 Å². The number of hydrogen-bond donors (Lipinski definition) is 3. The fraction of sp³-hybridized carbons (Fsp3) is 0.600. The topological polar surface area (TPSA) is 88.7 Å². The van der Waals surface area contributed by atoms with Crippen LogP contribution in [0.1, 0.15) is 81.6 Å². The van der Waals surface area contributed by atoms with Crippen LogP contribution in [-0.4, -0.2) is 31.8 Å². The van der Waals surface area contributed by atoms with Crippen molar-refractivity contribution in [1.29, 1.82) is 0 Å². The van der Waals surface area contributed by atoms with Crippen molar-refractivity contribution in [2.24, 2.45) is 0 Å². The molecule has 0 aromatic heterocycles. The van der Waals surface area contributed by atoms with Gasteiger partial charge in [0.15, 0.2) is 0 Å². The van der Waals surface area contributed by atoms with E-state index in [0.29, 0.717) is 23.4 Å². The number of esters is 1. The van der Waals surface area contributed by atoms with Crippen LogP contribution in [0.4, 0.5) is 4.79 Å². The van der Waals surface area contributed by atoms with Gasteiger partial charge in [0.2, 0.25) is 0 Å². The van der Waals surface area contributed by atoms with Gasteiger partial charge < -0.3 is 14.9 Å². The first-order valence-corrected chi connectivity index (χ1v) is 11.3. The molecule has 32 heavy (non-hydrogen) atoms. The molecule has 0 radical (unpaired) electrons. The highest BCUT2D eigenvalue weighted by Gasteiger charge is 2.18. The van der Waals surface area contributed by atoms with Crippen LogP contribution in [0.2, 0.25) is 0 Å². The van der Waals surface area contributed by atoms with Gasteiger partial charge in [-0.15, -0.1) is 0 Å². The van der Waals surface area contributed by atoms with Crippen LogP contribution in [0, 0.1) is 0 Å². The number of ether oxygens (including phenoxy) is 2. The second-order valence-corrected chi connectivity index (χ2v) is 7.82. The zero-order chi connectivity index (χ0) is 25.3. The minimum Gasteiger partial charge on any atom is -0.466 e. The van der Waals surface area contributed by atoms with Crippen molar-refractivity contribution in [3.05, 3.63) is 46.3 Å². The molecule has 1 amide bonds. The normalized spacial score (nSPS) is 13.4. The molecule has 184 valence electrons. The maximum Gasteiger partial charge on any atom is 0.412 e. The van der Waals surface area contributed by atoms with Gasteiger partial charge in [0.1, 0.15) is 5.60 Å². The third kappa shape index (κ3) is 13.0. The Hall–Kier alpha value is -2.54. The summed E-state index contributed by atoms with van der Waals surface area (Å²) in [6, 6.07) is 0. The highest BCUT2D eigenvalue weighted by Crippen LogP contribution is 2.19. The molecule has 0 aliphatic carbocycles. The molecule has 7 heteroatoms. The summed E-state index contributed by atoms with van der Waals surface area (Å²) in [4.78, 5) is 24.5. The lowest BCUT2D eigenvalue weighted by molar-refractivity contribution is -0.136. The third-order valence-electron chi connectivity index (χ3n) is 3.95. The molecule has 3 N–H and O–H groups in total. The van der Waals surface area contributed by atoms with Crippen molar-refractivity contribution < 1.29 is 19.1 Å². The summed E-state index contributed by atoms with van der Waals surface area (Å²) in [6.45, 7) is 17.3. The molecule has 0 aliphatic rings. The Bertz CT molecular complexity index is 711. The molecule has 0 atom stereocenters. The van der Waals surface area contributed by atoms with Gasteiger partial charge in [-0.25, -0.2) is 15.0 Å². The number of carbonyl (C=O) groups excluding carboxylic acids is 2. The van der Waals surface area contributed by atoms with E-state index in [1.54, 1.807) is 13.1 Å². The average molecular weight is 452 g/mol. The van der Waals surface area contributed by atoms with Crippen molar-refractivity contribution in [3.8, 4) is 0 Å². The predicted molar refractivity (Wildman–Crippen MR) is 133 cm³/mol. The molecule has 7 nitrogen and oxygen atoms in total. The Balaban J connectivity index is 0. The van der Waals surface area contributed by atoms with E-state index in [1.165, 1.54) is 7.11 Å². The highest BCUT2D eigenvalue weighted by atomic mass is 16.6. The summed E-state index contributed by atoms with van der Waals surface area (Å²) in [5, 5.41) is 2.82. The quantitative estimate of drug-likeness (QED) is 0.171. The van der Waals surface area contributed by atoms with E-state index >= 15 is 0 Å². The van der Waals surface area contributed by atoms with Gasteiger partial charge in [-0.1, -0.05) is 46.3 Å². The third-order valence-corrected chi connectivity index (χ3v) is 3.95. The number of carbonyl (C=O) groups is 2. The lowest BCUT2D eigenvalue weighted by Crippen LogP contribution is -2.32. The molecule has 0 saturated carbocycles. The number of hydrazine groups is 1. The maximum absolute atomic E-state index is 12.3. The number of rotatable bonds is 10. The van der Waals surface area contributed by atoms with Crippen molar-refractivity contribution in [2.75, 3.05) is 14.2 Å². The molecule has 0 aromatic carbocycles. The molecule has 0 saturated heterocycles. The van der Waals surface area contributed by atoms with E-state index in [9.17, 15) is 9.59 Å². The summed E-state index contributed by atoms with van der Waals surface area (Å²) < 4.78 is 10.3. The number of allylic oxidation sites excluding steroid dienone is 5. The summed E-state index contributed by atoms with van der Waals surface area (Å²) in [7, 11) is 3.10. The standard InChI is InChI=1S/C23H39N3O4.C2H6/c1-10-12-16(3)19(25-22(28)30-23(5,6)7)15-14-17(4)20(26-24-8)18(13-11-2)21(27)29-9;1-2/h12,14-15,24,26H,10-11,13H2,1-9H3,(H,25,28);1-2H3/b16-12+,17-14+,19-15+,20-18+;. The van der Waals surface area contributed by atoms with Crippen molar-refractivity contribution in [3.63, 3.8) is 0 Å². The van der Waals surface area contributed by atoms with E-state index in [4.69, 9.17) is 9.47 Å². The molecule has 0 heterocycles. The molecule has 0 aliphatic heterocycles. The maximum atomic E-state index is 12.3. The zero-order valence-corrected chi connectivity index (χ0v) is 22.0. The number of hydrogen-bond acceptors (Lipinski definition) is 6. The Morgan fingerprint density at radius 3 is 2.03 bits per heavy atom. The lowest BCUT2D eigenvalue weighted by atomic mass is 10.0. The van der Waals surface area contributed by atoms with Crippen LogP contribution >= 0.6 is 0 Å². The van der Waals surface area contributed by atoms with E-state index in [2.05, 4.69) is 16.2 Å². The van der Waals surface area contributed by atoms with Gasteiger partial charge in [0.25, 0.3) is 0 Å². The lowest BCUT2D eigenvalue weighted by Gasteiger charge is -2.21. The predicted octanol–water partition coefficient (Wildman–Crippen LogP) is 5.68. The Morgan fingerprint density at radius 1 is 1.00 bits per heavy atom. The van der Waals surface area contributed by atoms with Gasteiger partial charge in [0.05, 0.1) is 18.4 Å². The summed E-state index contributed by atoms with van der Waals surface area (Å²) in [5.41, 5.74) is 8.88. The van der Waals surface area contributed by atoms with Crippen molar-refractivity contribution >= 4 is 12.1 Å². The smallest absolute Gasteiger partial charge is 0.412 e. The van der Waals surface area contributed by atoms with E-state index in [1.807, 2.05) is 74.5 Å². The first-order valence-electron chi connectivity index (χ1n) is 11.3. The summed E-state index contributed by atoms with van der Waals surface area (Å²) >= 11 is 0. The largest absolute Gasteiger partial charge is 0.466 e. The molecular formula is C25H45N3O4. The van der Waals surface area contributed by atoms with Gasteiger partial charge in [-0.3, -0.25) is 5.32 Å². The molecule has 0 rings (SSSR count). The van der Waals surface area contributed by atoms with Crippen LogP contribution < -0.4 is 16.2 Å². The fourth-order valence-corrected chi connectivity index (χ4v) is 2.63. The fourth-order valence-electron chi connectivity index (χ4n) is 2.63. The first kappa shape index (κ1) is 31.6. The summed E-state index contributed by atoms with van der Waals surface area (Å²) in [5.74, 6) is -0.375. The van der Waals surface area contributed by atoms with Crippen LogP contribution in [0.3, 0.4) is 0 Å². The van der Waals surface area contributed by atoms with Crippen molar-refractivity contribution in [2.45, 2.75) is 87.2 Å². The summed E-state index contributed by atoms with van der Waals surface area (Å²) in [6.07, 6.45) is 7.35. The van der Waals surface area contributed by atoms with Crippen LogP contribution in [0.5, 0.6) is 0 Å². The number of methoxy groups -OCH3 is 1. The Labute approximate surface area is 195 Å². The SMILES string of the molecule is CC.CC/C=C(C)/C(=C\C=C(C)\C(NNC)=C(\CCC)C(=O)OC)NC(=O)OC(C)(C)C. The molecule has 0 unspecified atom stereocenters. The van der Waals surface area contributed by atoms with Gasteiger partial charge in [0, 0.05) is 12.7 Å². The van der Waals surface area contributed by atoms with E-state index in [-0.39, 0.29) is 5.97 Å². The second-order valence-electron chi connectivity index (χ2n) is 7.82. The molecular weight excluding hydrogens is 406 g/mol. The van der Waals surface area contributed by atoms with Crippen molar-refractivity contribution in [1.82, 2.24) is 16.2 Å². The Morgan fingerprint density at radius 2 is 1.59 bits per heavy atom. The average Bonchev–Trinajstić information content (AvgIpc) is 2.73. The minimum absolute atomic E-state index is 0.375. The first-order chi connectivity index (χ1) is 15.0. The van der Waals surface area contributed by atoms with Crippen LogP contribution in [0.25, 0.3) is 0 Å². The number of nitrogens with one attached hydrogen (secondary N) is 3. The van der Waals surface area contributed by atoms with Gasteiger partial charge in [-0.05, 0) is 64.7 Å². The molecule has 0 aromatic rings. The zero-order valence-electron chi connectivity index (χ0n) is 22.0. The number of amides is 1. The Kier molecular flexibility index (Phi) is 16.9. The molecule has 0 spiro atoms.